The first-order chi connectivity index (χ1) is 49.0. The number of aromatic amines is 2. The van der Waals surface area contributed by atoms with E-state index < -0.39 is 47.0 Å². The van der Waals surface area contributed by atoms with Crippen molar-refractivity contribution in [1.29, 1.82) is 0 Å². The van der Waals surface area contributed by atoms with E-state index >= 15 is 0 Å². The third-order valence-corrected chi connectivity index (χ3v) is 16.2. The Bertz CT molecular complexity index is 4480. The second kappa shape index (κ2) is 28.6. The van der Waals surface area contributed by atoms with Gasteiger partial charge in [0.1, 0.15) is 23.3 Å². The van der Waals surface area contributed by atoms with Crippen LogP contribution in [0.3, 0.4) is 0 Å². The van der Waals surface area contributed by atoms with Crippen LogP contribution in [0.25, 0.3) is 22.3 Å². The lowest BCUT2D eigenvalue weighted by Gasteiger charge is -2.11. The van der Waals surface area contributed by atoms with E-state index in [2.05, 4.69) is 31.2 Å². The molecule has 6 heterocycles. The fourth-order valence-electron chi connectivity index (χ4n) is 11.4. The monoisotopic (exact) mass is 1380 g/mol. The summed E-state index contributed by atoms with van der Waals surface area (Å²) in [6, 6.07) is 65.6. The summed E-state index contributed by atoms with van der Waals surface area (Å²) < 4.78 is 157. The summed E-state index contributed by atoms with van der Waals surface area (Å²) >= 11 is 0. The predicted molar refractivity (Wildman–Crippen MR) is 378 cm³/mol. The van der Waals surface area contributed by atoms with E-state index in [0.717, 1.165) is 116 Å². The third kappa shape index (κ3) is 16.0. The standard InChI is InChI=1S/2C40H27F6N5/c2*41-39(42,43)27-11-15-29(16-12-27)47-35-23-21-33(50-35)37(25-7-3-1-4-8-25)31-19-20-32(49-31)38(26-9-5-2-6-10-26)34-22-24-36(51-34)48-30-17-13-28(14-18-30)40(44,45)46/h2*1-24,49H,(H,47,50)(H,48,51)/b2*37-33-,38-34-. The van der Waals surface area contributed by atoms with Crippen LogP contribution in [0, 0.1) is 0 Å². The number of amidine groups is 4. The van der Waals surface area contributed by atoms with Crippen LogP contribution < -0.4 is 21.3 Å². The van der Waals surface area contributed by atoms with E-state index in [1.807, 2.05) is 170 Å². The van der Waals surface area contributed by atoms with Crippen molar-refractivity contribution in [3.05, 3.63) is 381 Å². The van der Waals surface area contributed by atoms with Crippen molar-refractivity contribution in [3.63, 3.8) is 0 Å². The molecule has 0 bridgehead atoms. The van der Waals surface area contributed by atoms with Gasteiger partial charge in [-0.2, -0.15) is 52.7 Å². The molecule has 508 valence electrons. The Hall–Kier alpha value is -12.7. The van der Waals surface area contributed by atoms with Gasteiger partial charge < -0.3 is 31.2 Å². The maximum absolute atomic E-state index is 13.1. The highest BCUT2D eigenvalue weighted by atomic mass is 19.4. The van der Waals surface area contributed by atoms with E-state index in [0.29, 0.717) is 68.9 Å². The molecule has 22 heteroatoms. The molecule has 0 atom stereocenters. The maximum Gasteiger partial charge on any atom is 0.416 e. The van der Waals surface area contributed by atoms with E-state index in [-0.39, 0.29) is 0 Å². The predicted octanol–water partition coefficient (Wildman–Crippen LogP) is 21.5. The van der Waals surface area contributed by atoms with Gasteiger partial charge in [0.2, 0.25) is 0 Å². The van der Waals surface area contributed by atoms with Crippen molar-refractivity contribution in [1.82, 2.24) is 9.97 Å². The van der Waals surface area contributed by atoms with Crippen molar-refractivity contribution in [3.8, 4) is 0 Å². The van der Waals surface area contributed by atoms with Gasteiger partial charge in [0.15, 0.2) is 0 Å². The zero-order valence-corrected chi connectivity index (χ0v) is 53.0. The Morgan fingerprint density at radius 3 is 0.588 bits per heavy atom. The summed E-state index contributed by atoms with van der Waals surface area (Å²) in [5.41, 5.74) is 11.3. The molecule has 0 saturated heterocycles. The number of allylic oxidation sites excluding steroid dienone is 4. The van der Waals surface area contributed by atoms with Crippen LogP contribution >= 0.6 is 0 Å². The van der Waals surface area contributed by atoms with E-state index in [1.54, 1.807) is 24.3 Å². The minimum Gasteiger partial charge on any atom is -0.354 e. The van der Waals surface area contributed by atoms with Crippen molar-refractivity contribution in [2.24, 2.45) is 20.0 Å². The molecule has 4 aliphatic rings. The quantitative estimate of drug-likeness (QED) is 0.0681. The highest BCUT2D eigenvalue weighted by Crippen LogP contribution is 2.40. The van der Waals surface area contributed by atoms with Gasteiger partial charge in [-0.25, -0.2) is 20.0 Å². The molecule has 0 spiro atoms. The fourth-order valence-corrected chi connectivity index (χ4v) is 11.4. The second-order valence-electron chi connectivity index (χ2n) is 23.2. The van der Waals surface area contributed by atoms with Crippen LogP contribution in [0.4, 0.5) is 75.4 Å². The highest BCUT2D eigenvalue weighted by Gasteiger charge is 2.33. The molecule has 0 radical (unpaired) electrons. The van der Waals surface area contributed by atoms with Crippen molar-refractivity contribution >= 4 is 68.4 Å². The van der Waals surface area contributed by atoms with Gasteiger partial charge in [-0.1, -0.05) is 121 Å². The van der Waals surface area contributed by atoms with E-state index in [1.165, 1.54) is 48.5 Å². The first-order valence-electron chi connectivity index (χ1n) is 31.4. The number of halogens is 12. The molecule has 0 unspecified atom stereocenters. The molecule has 8 aromatic carbocycles. The number of alkyl halides is 12. The highest BCUT2D eigenvalue weighted by molar-refractivity contribution is 6.11. The average Bonchev–Trinajstić information content (AvgIpc) is 1.64. The van der Waals surface area contributed by atoms with Crippen LogP contribution in [0.2, 0.25) is 0 Å². The van der Waals surface area contributed by atoms with Crippen molar-refractivity contribution in [2.75, 3.05) is 21.3 Å². The van der Waals surface area contributed by atoms with Gasteiger partial charge in [-0.05, 0) is 192 Å². The Morgan fingerprint density at radius 1 is 0.225 bits per heavy atom. The number of nitrogens with zero attached hydrogens (tertiary/aromatic N) is 4. The maximum atomic E-state index is 13.1. The smallest absolute Gasteiger partial charge is 0.354 e. The fraction of sp³-hybridized carbons (Fsp3) is 0.0500. The summed E-state index contributed by atoms with van der Waals surface area (Å²) in [4.78, 5) is 26.2. The molecule has 0 fully saturated rings. The van der Waals surface area contributed by atoms with Gasteiger partial charge in [0, 0.05) is 67.8 Å². The zero-order chi connectivity index (χ0) is 71.2. The van der Waals surface area contributed by atoms with Crippen molar-refractivity contribution < 1.29 is 52.7 Å². The molecular weight excluding hydrogens is 1330 g/mol. The van der Waals surface area contributed by atoms with Crippen LogP contribution in [0.5, 0.6) is 0 Å². The number of aliphatic imine (C=N–C) groups is 4. The van der Waals surface area contributed by atoms with Crippen LogP contribution in [-0.4, -0.2) is 33.3 Å². The van der Waals surface area contributed by atoms with Gasteiger partial charge in [-0.15, -0.1) is 0 Å². The Morgan fingerprint density at radius 2 is 0.412 bits per heavy atom. The zero-order valence-electron chi connectivity index (χ0n) is 53.0. The molecular formula is C80H54F12N10. The van der Waals surface area contributed by atoms with Gasteiger partial charge >= 0.3 is 24.7 Å². The number of hydrogen-bond acceptors (Lipinski definition) is 8. The topological polar surface area (TPSA) is 129 Å². The lowest BCUT2D eigenvalue weighted by molar-refractivity contribution is -0.138. The summed E-state index contributed by atoms with van der Waals surface area (Å²) in [5, 5.41) is 12.3. The lowest BCUT2D eigenvalue weighted by Crippen LogP contribution is -2.08. The lowest BCUT2D eigenvalue weighted by atomic mass is 10.0. The summed E-state index contributed by atoms with van der Waals surface area (Å²) in [5.74, 6) is 1.87. The minimum atomic E-state index is -4.43. The molecule has 4 aliphatic heterocycles. The number of anilines is 4. The van der Waals surface area contributed by atoms with Crippen molar-refractivity contribution in [2.45, 2.75) is 24.7 Å². The Labute approximate surface area is 575 Å². The van der Waals surface area contributed by atoms with Crippen LogP contribution in [-0.2, 0) is 24.7 Å². The summed E-state index contributed by atoms with van der Waals surface area (Å²) in [7, 11) is 0. The van der Waals surface area contributed by atoms with Crippen LogP contribution in [0.1, 0.15) is 67.3 Å². The first-order valence-corrected chi connectivity index (χ1v) is 31.4. The first kappa shape index (κ1) is 67.8. The summed E-state index contributed by atoms with van der Waals surface area (Å²) in [6.45, 7) is 0. The third-order valence-electron chi connectivity index (χ3n) is 16.2. The SMILES string of the molecule is FC(F)(F)c1ccc(NC2=N/C(=C(/c3ccccc3)c3ccc(/C(=C4/C=CC(Nc5ccc(C(F)(F)F)cc5)=N4)c4ccccc4)[nH]3)C=C2)cc1.FC(F)(F)c1ccc(NC2=N/C(=C(/c3ccccc3)c3ccc(/C(=C4/C=CC(Nc5ccc(C(F)(F)F)cc5)=N4)c4ccccc4)[nH]3)C=C2)cc1. The number of rotatable bonds is 12. The molecule has 14 rings (SSSR count). The number of benzene rings is 8. The van der Waals surface area contributed by atoms with E-state index in [9.17, 15) is 52.7 Å². The molecule has 102 heavy (non-hydrogen) atoms. The molecule has 10 nitrogen and oxygen atoms in total. The number of hydrogen-bond donors (Lipinski definition) is 6. The molecule has 6 N–H and O–H groups in total. The molecule has 0 amide bonds. The van der Waals surface area contributed by atoms with Gasteiger partial charge in [0.05, 0.1) is 45.0 Å². The summed E-state index contributed by atoms with van der Waals surface area (Å²) in [6.07, 6.45) is -3.28. The number of aromatic nitrogens is 2. The normalized spacial score (nSPS) is 16.2. The molecule has 0 aliphatic carbocycles. The molecule has 2 aromatic heterocycles. The van der Waals surface area contributed by atoms with E-state index in [4.69, 9.17) is 20.0 Å². The second-order valence-corrected chi connectivity index (χ2v) is 23.2. The largest absolute Gasteiger partial charge is 0.416 e. The van der Waals surface area contributed by atoms with Gasteiger partial charge in [0.25, 0.3) is 0 Å². The average molecular weight is 1380 g/mol. The van der Waals surface area contributed by atoms with Gasteiger partial charge in [-0.3, -0.25) is 0 Å². The molecule has 0 saturated carbocycles. The molecule has 10 aromatic rings. The minimum absolute atomic E-state index is 0.465. The Balaban J connectivity index is 0.000000182. The van der Waals surface area contributed by atoms with Crippen LogP contribution in [0.15, 0.2) is 334 Å². The Kier molecular flexibility index (Phi) is 19.0. The number of H-pyrrole nitrogens is 2. The number of nitrogens with one attached hydrogen (secondary N) is 6.